The Balaban J connectivity index is 1.32. The molecule has 0 aliphatic carbocycles. The minimum Gasteiger partial charge on any atom is -0.495 e. The summed E-state index contributed by atoms with van der Waals surface area (Å²) < 4.78 is 7.63. The average Bonchev–Trinajstić information content (AvgIpc) is 3.33. The van der Waals surface area contributed by atoms with Crippen molar-refractivity contribution in [2.75, 3.05) is 26.8 Å². The highest BCUT2D eigenvalue weighted by molar-refractivity contribution is 6.03. The number of hydrogen-bond donors (Lipinski definition) is 1. The number of methoxy groups -OCH3 is 1. The van der Waals surface area contributed by atoms with Gasteiger partial charge >= 0.3 is 0 Å². The molecule has 9 heteroatoms. The van der Waals surface area contributed by atoms with Gasteiger partial charge in [0, 0.05) is 25.0 Å². The predicted octanol–water partition coefficient (Wildman–Crippen LogP) is 3.51. The number of rotatable bonds is 6. The van der Waals surface area contributed by atoms with Crippen molar-refractivity contribution in [3.63, 3.8) is 0 Å². The maximum Gasteiger partial charge on any atom is 0.269 e. The molecule has 1 N–H and O–H groups in total. The monoisotopic (exact) mass is 486 g/mol. The molecular formula is C27H30N6O3. The number of carbonyl (C=O) groups is 1. The van der Waals surface area contributed by atoms with Gasteiger partial charge < -0.3 is 24.4 Å². The molecule has 1 amide bonds. The van der Waals surface area contributed by atoms with E-state index in [1.165, 1.54) is 0 Å². The summed E-state index contributed by atoms with van der Waals surface area (Å²) in [5, 5.41) is 7.40. The van der Waals surface area contributed by atoms with Crippen molar-refractivity contribution in [2.24, 2.45) is 5.16 Å². The first kappa shape index (κ1) is 23.6. The number of nitrogens with zero attached hydrogens (tertiary/aromatic N) is 5. The Morgan fingerprint density at radius 3 is 2.92 bits per heavy atom. The first-order chi connectivity index (χ1) is 17.5. The molecule has 9 nitrogen and oxygen atoms in total. The molecule has 4 heterocycles. The SMILES string of the molecule is COc1cc(/C=C2\CCCN3C2=NOC[C@@H]3CNC(=O)c2cccc(C)n2)ccc1-n1cnc(C)c1. The van der Waals surface area contributed by atoms with Gasteiger partial charge in [0.05, 0.1) is 30.9 Å². The van der Waals surface area contributed by atoms with E-state index in [4.69, 9.17) is 9.57 Å². The second-order valence-electron chi connectivity index (χ2n) is 9.06. The van der Waals surface area contributed by atoms with E-state index in [0.717, 1.165) is 59.2 Å². The Hall–Kier alpha value is -4.14. The molecular weight excluding hydrogens is 456 g/mol. The Morgan fingerprint density at radius 1 is 1.25 bits per heavy atom. The maximum absolute atomic E-state index is 12.6. The first-order valence-corrected chi connectivity index (χ1v) is 12.1. The number of amides is 1. The summed E-state index contributed by atoms with van der Waals surface area (Å²) >= 11 is 0. The number of carbonyl (C=O) groups excluding carboxylic acids is 1. The van der Waals surface area contributed by atoms with Crippen LogP contribution in [0.3, 0.4) is 0 Å². The molecule has 2 aliphatic rings. The predicted molar refractivity (Wildman–Crippen MR) is 137 cm³/mol. The summed E-state index contributed by atoms with van der Waals surface area (Å²) in [6, 6.07) is 11.6. The molecule has 2 aromatic heterocycles. The number of nitrogens with one attached hydrogen (secondary N) is 1. The van der Waals surface area contributed by atoms with Gasteiger partial charge in [-0.05, 0) is 68.2 Å². The molecule has 1 aromatic carbocycles. The number of imidazole rings is 1. The minimum atomic E-state index is -0.184. The van der Waals surface area contributed by atoms with Crippen LogP contribution in [0.2, 0.25) is 0 Å². The topological polar surface area (TPSA) is 93.9 Å². The third-order valence-electron chi connectivity index (χ3n) is 6.42. The molecule has 0 unspecified atom stereocenters. The number of fused-ring (bicyclic) bond motifs is 1. The van der Waals surface area contributed by atoms with Crippen LogP contribution in [-0.4, -0.2) is 64.0 Å². The summed E-state index contributed by atoms with van der Waals surface area (Å²) in [5.41, 5.74) is 5.24. The number of amidine groups is 1. The standard InChI is InChI=1S/C27H30N6O3/c1-18-6-4-8-23(30-18)27(34)28-14-22-16-36-31-26-21(7-5-11-33(22)26)12-20-9-10-24(25(13-20)35-3)32-15-19(2)29-17-32/h4,6,8-10,12-13,15,17,22H,5,7,11,14,16H2,1-3H3,(H,28,34)/b21-12+/t22-/m0/s1. The van der Waals surface area contributed by atoms with Gasteiger partial charge in [0.2, 0.25) is 0 Å². The highest BCUT2D eigenvalue weighted by atomic mass is 16.6. The minimum absolute atomic E-state index is 0.00338. The van der Waals surface area contributed by atoms with Crippen LogP contribution in [0, 0.1) is 13.8 Å². The van der Waals surface area contributed by atoms with Gasteiger partial charge in [0.15, 0.2) is 5.84 Å². The van der Waals surface area contributed by atoms with Gasteiger partial charge in [-0.15, -0.1) is 0 Å². The van der Waals surface area contributed by atoms with Crippen molar-refractivity contribution in [1.29, 1.82) is 0 Å². The van der Waals surface area contributed by atoms with Crippen LogP contribution >= 0.6 is 0 Å². The van der Waals surface area contributed by atoms with Crippen LogP contribution in [0.15, 0.2) is 59.7 Å². The number of aryl methyl sites for hydroxylation is 2. The molecule has 0 spiro atoms. The Morgan fingerprint density at radius 2 is 2.14 bits per heavy atom. The molecule has 1 saturated heterocycles. The van der Waals surface area contributed by atoms with Crippen LogP contribution < -0.4 is 10.1 Å². The molecule has 1 fully saturated rings. The zero-order valence-electron chi connectivity index (χ0n) is 20.8. The van der Waals surface area contributed by atoms with Crippen molar-refractivity contribution in [1.82, 2.24) is 24.8 Å². The van der Waals surface area contributed by atoms with Crippen LogP contribution in [0.5, 0.6) is 5.75 Å². The third-order valence-corrected chi connectivity index (χ3v) is 6.42. The quantitative estimate of drug-likeness (QED) is 0.573. The zero-order chi connectivity index (χ0) is 25.1. The Kier molecular flexibility index (Phi) is 6.71. The molecule has 2 aliphatic heterocycles. The van der Waals surface area contributed by atoms with E-state index in [2.05, 4.69) is 37.5 Å². The van der Waals surface area contributed by atoms with Gasteiger partial charge in [0.25, 0.3) is 5.91 Å². The number of hydrogen-bond acceptors (Lipinski definition) is 7. The lowest BCUT2D eigenvalue weighted by Gasteiger charge is -2.40. The second kappa shape index (κ2) is 10.2. The average molecular weight is 487 g/mol. The third kappa shape index (κ3) is 4.95. The molecule has 186 valence electrons. The lowest BCUT2D eigenvalue weighted by Crippen LogP contribution is -2.53. The normalized spacial score (nSPS) is 18.3. The highest BCUT2D eigenvalue weighted by Gasteiger charge is 2.32. The number of piperidine rings is 1. The number of pyridine rings is 1. The number of ether oxygens (including phenoxy) is 1. The fraction of sp³-hybridized carbons (Fsp3) is 0.333. The molecule has 0 saturated carbocycles. The Bertz CT molecular complexity index is 1330. The maximum atomic E-state index is 12.6. The van der Waals surface area contributed by atoms with E-state index >= 15 is 0 Å². The van der Waals surface area contributed by atoms with Gasteiger partial charge in [-0.1, -0.05) is 17.3 Å². The summed E-state index contributed by atoms with van der Waals surface area (Å²) in [7, 11) is 1.67. The van der Waals surface area contributed by atoms with Crippen LogP contribution in [0.4, 0.5) is 0 Å². The molecule has 36 heavy (non-hydrogen) atoms. The van der Waals surface area contributed by atoms with Crippen molar-refractivity contribution in [3.05, 3.63) is 77.1 Å². The fourth-order valence-electron chi connectivity index (χ4n) is 4.61. The molecule has 0 radical (unpaired) electrons. The van der Waals surface area contributed by atoms with Crippen molar-refractivity contribution in [3.8, 4) is 11.4 Å². The lowest BCUT2D eigenvalue weighted by atomic mass is 9.98. The number of oxime groups is 1. The van der Waals surface area contributed by atoms with E-state index < -0.39 is 0 Å². The van der Waals surface area contributed by atoms with E-state index in [1.807, 2.05) is 48.9 Å². The molecule has 3 aromatic rings. The van der Waals surface area contributed by atoms with E-state index in [0.29, 0.717) is 18.8 Å². The van der Waals surface area contributed by atoms with Gasteiger partial charge in [-0.2, -0.15) is 0 Å². The van der Waals surface area contributed by atoms with Gasteiger partial charge in [0.1, 0.15) is 18.1 Å². The van der Waals surface area contributed by atoms with Gasteiger partial charge in [-0.3, -0.25) is 4.79 Å². The van der Waals surface area contributed by atoms with E-state index in [1.54, 1.807) is 19.5 Å². The summed E-state index contributed by atoms with van der Waals surface area (Å²) in [6.45, 7) is 5.57. The first-order valence-electron chi connectivity index (χ1n) is 12.1. The fourth-order valence-corrected chi connectivity index (χ4v) is 4.61. The Labute approximate surface area is 210 Å². The largest absolute Gasteiger partial charge is 0.495 e. The van der Waals surface area contributed by atoms with Crippen LogP contribution in [-0.2, 0) is 4.84 Å². The molecule has 5 rings (SSSR count). The zero-order valence-corrected chi connectivity index (χ0v) is 20.8. The molecule has 1 atom stereocenters. The van der Waals surface area contributed by atoms with Crippen LogP contribution in [0.25, 0.3) is 11.8 Å². The summed E-state index contributed by atoms with van der Waals surface area (Å²) in [5.74, 6) is 1.41. The van der Waals surface area contributed by atoms with Crippen molar-refractivity contribution < 1.29 is 14.4 Å². The molecule has 0 bridgehead atoms. The van der Waals surface area contributed by atoms with Crippen molar-refractivity contribution in [2.45, 2.75) is 32.7 Å². The second-order valence-corrected chi connectivity index (χ2v) is 9.06. The van der Waals surface area contributed by atoms with E-state index in [9.17, 15) is 4.79 Å². The van der Waals surface area contributed by atoms with Crippen molar-refractivity contribution >= 4 is 17.8 Å². The number of aromatic nitrogens is 3. The highest BCUT2D eigenvalue weighted by Crippen LogP contribution is 2.29. The van der Waals surface area contributed by atoms with E-state index in [-0.39, 0.29) is 11.9 Å². The summed E-state index contributed by atoms with van der Waals surface area (Å²) in [6.07, 6.45) is 7.79. The lowest BCUT2D eigenvalue weighted by molar-refractivity contribution is 0.0561. The number of benzene rings is 1. The summed E-state index contributed by atoms with van der Waals surface area (Å²) in [4.78, 5) is 29.1. The smallest absolute Gasteiger partial charge is 0.269 e. The van der Waals surface area contributed by atoms with Gasteiger partial charge in [-0.25, -0.2) is 9.97 Å². The van der Waals surface area contributed by atoms with Crippen LogP contribution in [0.1, 0.15) is 40.3 Å².